The molecule has 0 bridgehead atoms. The Morgan fingerprint density at radius 1 is 1.50 bits per heavy atom. The second-order valence-corrected chi connectivity index (χ2v) is 5.73. The van der Waals surface area contributed by atoms with Gasteiger partial charge < -0.3 is 5.11 Å². The average Bonchev–Trinajstić information content (AvgIpc) is 2.66. The number of hydrogen-bond donors (Lipinski definition) is 1. The molecule has 2 saturated carbocycles. The highest BCUT2D eigenvalue weighted by Gasteiger charge is 2.64. The molecule has 0 aromatic carbocycles. The Bertz CT molecular complexity index is 213. The van der Waals surface area contributed by atoms with Crippen molar-refractivity contribution in [3.05, 3.63) is 0 Å². The van der Waals surface area contributed by atoms with Crippen molar-refractivity contribution >= 4 is 17.7 Å². The van der Waals surface area contributed by atoms with E-state index in [2.05, 4.69) is 0 Å². The molecule has 12 heavy (non-hydrogen) atoms. The number of rotatable bonds is 3. The fraction of sp³-hybridized carbons (Fsp3) is 0.889. The summed E-state index contributed by atoms with van der Waals surface area (Å²) in [4.78, 5) is 11.0. The molecule has 0 saturated heterocycles. The van der Waals surface area contributed by atoms with Gasteiger partial charge in [-0.3, -0.25) is 4.79 Å². The first-order valence-electron chi connectivity index (χ1n) is 4.50. The quantitative estimate of drug-likeness (QED) is 0.733. The molecule has 0 unspecified atom stereocenters. The van der Waals surface area contributed by atoms with Crippen LogP contribution in [0.15, 0.2) is 0 Å². The van der Waals surface area contributed by atoms with Crippen molar-refractivity contribution in [1.29, 1.82) is 0 Å². The summed E-state index contributed by atoms with van der Waals surface area (Å²) in [5.41, 5.74) is 0.487. The van der Waals surface area contributed by atoms with Crippen LogP contribution >= 0.6 is 11.8 Å². The van der Waals surface area contributed by atoms with E-state index in [-0.39, 0.29) is 0 Å². The standard InChI is InChI=1S/C9H14O2S/c1-2-12-9(7(10)11)5-8(6-9)3-4-8/h2-6H2,1H3,(H,10,11). The number of hydrogen-bond acceptors (Lipinski definition) is 2. The highest BCUT2D eigenvalue weighted by atomic mass is 32.2. The van der Waals surface area contributed by atoms with Crippen LogP contribution in [0.5, 0.6) is 0 Å². The van der Waals surface area contributed by atoms with Gasteiger partial charge in [-0.15, -0.1) is 11.8 Å². The van der Waals surface area contributed by atoms with Gasteiger partial charge in [0, 0.05) is 0 Å². The third-order valence-electron chi connectivity index (χ3n) is 3.09. The minimum Gasteiger partial charge on any atom is -0.480 e. The molecule has 0 heterocycles. The zero-order chi connectivity index (χ0) is 8.82. The molecule has 2 fully saturated rings. The summed E-state index contributed by atoms with van der Waals surface area (Å²) in [5, 5.41) is 9.05. The zero-order valence-electron chi connectivity index (χ0n) is 7.30. The van der Waals surface area contributed by atoms with Gasteiger partial charge in [0.1, 0.15) is 4.75 Å². The monoisotopic (exact) mass is 186 g/mol. The number of carboxylic acids is 1. The van der Waals surface area contributed by atoms with Crippen LogP contribution < -0.4 is 0 Å². The second-order valence-electron chi connectivity index (χ2n) is 4.09. The van der Waals surface area contributed by atoms with E-state index < -0.39 is 10.7 Å². The molecule has 2 nitrogen and oxygen atoms in total. The summed E-state index contributed by atoms with van der Waals surface area (Å²) in [6.07, 6.45) is 4.39. The molecule has 0 aromatic heterocycles. The lowest BCUT2D eigenvalue weighted by molar-refractivity contribution is -0.144. The maximum atomic E-state index is 11.0. The van der Waals surface area contributed by atoms with Crippen LogP contribution in [0.4, 0.5) is 0 Å². The summed E-state index contributed by atoms with van der Waals surface area (Å²) in [7, 11) is 0. The highest BCUT2D eigenvalue weighted by molar-refractivity contribution is 8.01. The van der Waals surface area contributed by atoms with Gasteiger partial charge in [-0.25, -0.2) is 0 Å². The van der Waals surface area contributed by atoms with Gasteiger partial charge in [0.25, 0.3) is 0 Å². The number of thioether (sulfide) groups is 1. The van der Waals surface area contributed by atoms with E-state index in [1.807, 2.05) is 6.92 Å². The first-order chi connectivity index (χ1) is 5.63. The Balaban J connectivity index is 2.01. The molecule has 0 radical (unpaired) electrons. The van der Waals surface area contributed by atoms with Gasteiger partial charge in [0.2, 0.25) is 0 Å². The van der Waals surface area contributed by atoms with Crippen molar-refractivity contribution < 1.29 is 9.90 Å². The van der Waals surface area contributed by atoms with Crippen molar-refractivity contribution in [3.8, 4) is 0 Å². The minimum absolute atomic E-state index is 0.398. The lowest BCUT2D eigenvalue weighted by atomic mass is 9.71. The molecule has 1 N–H and O–H groups in total. The zero-order valence-corrected chi connectivity index (χ0v) is 8.12. The van der Waals surface area contributed by atoms with E-state index in [1.165, 1.54) is 12.8 Å². The molecule has 0 atom stereocenters. The Morgan fingerprint density at radius 3 is 2.42 bits per heavy atom. The first kappa shape index (κ1) is 8.42. The first-order valence-corrected chi connectivity index (χ1v) is 5.48. The number of carbonyl (C=O) groups is 1. The predicted molar refractivity (Wildman–Crippen MR) is 49.4 cm³/mol. The van der Waals surface area contributed by atoms with Crippen LogP contribution in [0.3, 0.4) is 0 Å². The average molecular weight is 186 g/mol. The highest BCUT2D eigenvalue weighted by Crippen LogP contribution is 2.68. The van der Waals surface area contributed by atoms with Gasteiger partial charge in [0.15, 0.2) is 0 Å². The van der Waals surface area contributed by atoms with Crippen molar-refractivity contribution in [3.63, 3.8) is 0 Å². The second kappa shape index (κ2) is 2.41. The summed E-state index contributed by atoms with van der Waals surface area (Å²) < 4.78 is -0.398. The summed E-state index contributed by atoms with van der Waals surface area (Å²) >= 11 is 1.62. The third-order valence-corrected chi connectivity index (χ3v) is 4.39. The summed E-state index contributed by atoms with van der Waals surface area (Å²) in [6, 6.07) is 0. The Kier molecular flexibility index (Phi) is 1.69. The Labute approximate surface area is 76.7 Å². The molecule has 68 valence electrons. The molecule has 2 aliphatic carbocycles. The lowest BCUT2D eigenvalue weighted by Gasteiger charge is -2.44. The molecular weight excluding hydrogens is 172 g/mol. The van der Waals surface area contributed by atoms with E-state index in [0.717, 1.165) is 18.6 Å². The van der Waals surface area contributed by atoms with Gasteiger partial charge in [0.05, 0.1) is 0 Å². The van der Waals surface area contributed by atoms with Crippen molar-refractivity contribution in [2.24, 2.45) is 5.41 Å². The lowest BCUT2D eigenvalue weighted by Crippen LogP contribution is -2.49. The summed E-state index contributed by atoms with van der Waals surface area (Å²) in [5.74, 6) is 0.328. The SMILES string of the molecule is CCSC1(C(=O)O)CC2(CC2)C1. The number of carboxylic acid groups (broad SMARTS) is 1. The Morgan fingerprint density at radius 2 is 2.08 bits per heavy atom. The van der Waals surface area contributed by atoms with Crippen LogP contribution in [-0.4, -0.2) is 21.6 Å². The fourth-order valence-electron chi connectivity index (χ4n) is 2.28. The van der Waals surface area contributed by atoms with Crippen LogP contribution in [-0.2, 0) is 4.79 Å². The van der Waals surface area contributed by atoms with Crippen LogP contribution in [0.1, 0.15) is 32.6 Å². The van der Waals surface area contributed by atoms with E-state index in [0.29, 0.717) is 5.41 Å². The van der Waals surface area contributed by atoms with E-state index in [1.54, 1.807) is 11.8 Å². The van der Waals surface area contributed by atoms with Gasteiger partial charge in [-0.2, -0.15) is 0 Å². The number of aliphatic carboxylic acids is 1. The van der Waals surface area contributed by atoms with E-state index >= 15 is 0 Å². The molecule has 2 aliphatic rings. The molecular formula is C9H14O2S. The molecule has 0 aliphatic heterocycles. The van der Waals surface area contributed by atoms with Gasteiger partial charge in [-0.1, -0.05) is 6.92 Å². The molecule has 0 amide bonds. The van der Waals surface area contributed by atoms with Gasteiger partial charge in [-0.05, 0) is 36.9 Å². The van der Waals surface area contributed by atoms with Crippen LogP contribution in [0, 0.1) is 5.41 Å². The fourth-order valence-corrected chi connectivity index (χ4v) is 3.77. The maximum Gasteiger partial charge on any atom is 0.319 e. The van der Waals surface area contributed by atoms with Crippen molar-refractivity contribution in [1.82, 2.24) is 0 Å². The predicted octanol–water partition coefficient (Wildman–Crippen LogP) is 2.14. The molecule has 0 aromatic rings. The van der Waals surface area contributed by atoms with Gasteiger partial charge >= 0.3 is 5.97 Å². The largest absolute Gasteiger partial charge is 0.480 e. The topological polar surface area (TPSA) is 37.3 Å². The molecule has 3 heteroatoms. The minimum atomic E-state index is -0.591. The smallest absolute Gasteiger partial charge is 0.319 e. The molecule has 1 spiro atoms. The van der Waals surface area contributed by atoms with Crippen LogP contribution in [0.2, 0.25) is 0 Å². The maximum absolute atomic E-state index is 11.0. The Hall–Kier alpha value is -0.180. The van der Waals surface area contributed by atoms with Crippen molar-refractivity contribution in [2.45, 2.75) is 37.4 Å². The van der Waals surface area contributed by atoms with Crippen LogP contribution in [0.25, 0.3) is 0 Å². The third kappa shape index (κ3) is 1.06. The molecule has 2 rings (SSSR count). The van der Waals surface area contributed by atoms with E-state index in [9.17, 15) is 4.79 Å². The van der Waals surface area contributed by atoms with E-state index in [4.69, 9.17) is 5.11 Å². The normalized spacial score (nSPS) is 28.1. The van der Waals surface area contributed by atoms with Crippen molar-refractivity contribution in [2.75, 3.05) is 5.75 Å². The summed E-state index contributed by atoms with van der Waals surface area (Å²) in [6.45, 7) is 2.03.